The standard InChI is InChI=1S/C27H29ClN4S2/c1-26(2)13-19-14-27(3,15-26)16-30(19)17-31-25(33)32(18-9-5-4-6-10-18)24(29-31)23-22(28)20-11-7-8-12-21(20)34-23/h4-12,19H,13-17H2,1-3H3. The minimum atomic E-state index is 0.369. The Kier molecular flexibility index (Phi) is 5.30. The maximum absolute atomic E-state index is 6.91. The lowest BCUT2D eigenvalue weighted by Crippen LogP contribution is -2.35. The molecular weight excluding hydrogens is 480 g/mol. The molecule has 6 rings (SSSR count). The van der Waals surface area contributed by atoms with Crippen molar-refractivity contribution in [1.29, 1.82) is 0 Å². The lowest BCUT2D eigenvalue weighted by atomic mass is 9.65. The predicted molar refractivity (Wildman–Crippen MR) is 144 cm³/mol. The van der Waals surface area contributed by atoms with Gasteiger partial charge in [-0.3, -0.25) is 9.47 Å². The largest absolute Gasteiger partial charge is 0.281 e. The topological polar surface area (TPSA) is 26.0 Å². The molecule has 1 saturated carbocycles. The zero-order chi connectivity index (χ0) is 23.7. The van der Waals surface area contributed by atoms with E-state index in [2.05, 4.69) is 60.6 Å². The number of likely N-dealkylation sites (tertiary alicyclic amines) is 1. The van der Waals surface area contributed by atoms with Crippen LogP contribution in [-0.2, 0) is 6.67 Å². The number of thiophene rings is 1. The van der Waals surface area contributed by atoms with E-state index < -0.39 is 0 Å². The Morgan fingerprint density at radius 3 is 2.56 bits per heavy atom. The molecule has 7 heteroatoms. The van der Waals surface area contributed by atoms with Gasteiger partial charge in [-0.1, -0.05) is 68.8 Å². The van der Waals surface area contributed by atoms with Gasteiger partial charge in [0.15, 0.2) is 5.82 Å². The van der Waals surface area contributed by atoms with Crippen LogP contribution in [0.2, 0.25) is 5.02 Å². The molecule has 0 amide bonds. The van der Waals surface area contributed by atoms with Crippen molar-refractivity contribution in [2.45, 2.75) is 52.7 Å². The average Bonchev–Trinajstić information content (AvgIpc) is 3.37. The zero-order valence-electron chi connectivity index (χ0n) is 19.8. The molecule has 2 aromatic carbocycles. The summed E-state index contributed by atoms with van der Waals surface area (Å²) in [6.45, 7) is 9.09. The molecule has 2 unspecified atom stereocenters. The third-order valence-electron chi connectivity index (χ3n) is 7.43. The normalized spacial score (nSPS) is 24.2. The molecule has 4 aromatic rings. The van der Waals surface area contributed by atoms with E-state index in [1.807, 2.05) is 28.9 Å². The van der Waals surface area contributed by atoms with Crippen LogP contribution in [0, 0.1) is 15.6 Å². The summed E-state index contributed by atoms with van der Waals surface area (Å²) in [5, 5.41) is 6.92. The van der Waals surface area contributed by atoms with Gasteiger partial charge in [-0.25, -0.2) is 4.68 Å². The minimum absolute atomic E-state index is 0.369. The van der Waals surface area contributed by atoms with Crippen LogP contribution in [0.25, 0.3) is 26.5 Å². The molecule has 2 bridgehead atoms. The minimum Gasteiger partial charge on any atom is -0.281 e. The van der Waals surface area contributed by atoms with E-state index in [4.69, 9.17) is 28.9 Å². The number of halogens is 1. The fourth-order valence-corrected chi connectivity index (χ4v) is 8.31. The molecule has 34 heavy (non-hydrogen) atoms. The van der Waals surface area contributed by atoms with Crippen molar-refractivity contribution in [3.8, 4) is 16.4 Å². The van der Waals surface area contributed by atoms with Crippen LogP contribution in [0.1, 0.15) is 40.0 Å². The molecule has 2 atom stereocenters. The summed E-state index contributed by atoms with van der Waals surface area (Å²) in [4.78, 5) is 3.56. The lowest BCUT2D eigenvalue weighted by molar-refractivity contribution is 0.119. The monoisotopic (exact) mass is 508 g/mol. The SMILES string of the molecule is CC1(C)CC2CC(C)(CN2Cn2nc(-c3sc4ccccc4c3Cl)n(-c3ccccc3)c2=S)C1. The summed E-state index contributed by atoms with van der Waals surface area (Å²) in [6.07, 6.45) is 3.77. The molecule has 1 aliphatic carbocycles. The van der Waals surface area contributed by atoms with Crippen molar-refractivity contribution < 1.29 is 0 Å². The highest BCUT2D eigenvalue weighted by molar-refractivity contribution is 7.71. The summed E-state index contributed by atoms with van der Waals surface area (Å²) in [6, 6.07) is 19.1. The van der Waals surface area contributed by atoms with Crippen LogP contribution in [-0.4, -0.2) is 31.8 Å². The quantitative estimate of drug-likeness (QED) is 0.263. The van der Waals surface area contributed by atoms with Crippen LogP contribution >= 0.6 is 35.2 Å². The summed E-state index contributed by atoms with van der Waals surface area (Å²) >= 11 is 14.6. The van der Waals surface area contributed by atoms with Gasteiger partial charge in [0.1, 0.15) is 0 Å². The number of aromatic nitrogens is 3. The first-order chi connectivity index (χ1) is 16.2. The fourth-order valence-electron chi connectivity index (χ4n) is 6.53. The molecule has 2 aromatic heterocycles. The van der Waals surface area contributed by atoms with Crippen molar-refractivity contribution in [3.05, 3.63) is 64.4 Å². The highest BCUT2D eigenvalue weighted by Gasteiger charge is 2.49. The summed E-state index contributed by atoms with van der Waals surface area (Å²) < 4.78 is 5.96. The van der Waals surface area contributed by atoms with E-state index in [0.717, 1.165) is 38.0 Å². The highest BCUT2D eigenvalue weighted by atomic mass is 35.5. The van der Waals surface area contributed by atoms with E-state index in [0.29, 0.717) is 28.3 Å². The van der Waals surface area contributed by atoms with Crippen molar-refractivity contribution >= 4 is 45.2 Å². The third kappa shape index (κ3) is 3.76. The van der Waals surface area contributed by atoms with Gasteiger partial charge in [-0.2, -0.15) is 0 Å². The Morgan fingerprint density at radius 1 is 1.06 bits per heavy atom. The predicted octanol–water partition coefficient (Wildman–Crippen LogP) is 7.80. The molecular formula is C27H29ClN4S2. The second kappa shape index (κ2) is 8.02. The van der Waals surface area contributed by atoms with Gasteiger partial charge in [0, 0.05) is 22.7 Å². The number of nitrogens with zero attached hydrogens (tertiary/aromatic N) is 4. The molecule has 2 fully saturated rings. The van der Waals surface area contributed by atoms with E-state index in [-0.39, 0.29) is 0 Å². The lowest BCUT2D eigenvalue weighted by Gasteiger charge is -2.39. The van der Waals surface area contributed by atoms with Gasteiger partial charge in [-0.15, -0.1) is 16.4 Å². The van der Waals surface area contributed by atoms with E-state index in [1.54, 1.807) is 11.3 Å². The van der Waals surface area contributed by atoms with Gasteiger partial charge < -0.3 is 0 Å². The number of para-hydroxylation sites is 1. The molecule has 1 saturated heterocycles. The molecule has 0 N–H and O–H groups in total. The van der Waals surface area contributed by atoms with Gasteiger partial charge >= 0.3 is 0 Å². The highest BCUT2D eigenvalue weighted by Crippen LogP contribution is 2.52. The second-order valence-corrected chi connectivity index (χ2v) is 12.9. The Labute approximate surface area is 214 Å². The van der Waals surface area contributed by atoms with Crippen LogP contribution in [0.15, 0.2) is 54.6 Å². The van der Waals surface area contributed by atoms with Crippen molar-refractivity contribution in [2.24, 2.45) is 10.8 Å². The third-order valence-corrected chi connectivity index (χ3v) is 9.50. The van der Waals surface area contributed by atoms with Crippen molar-refractivity contribution in [3.63, 3.8) is 0 Å². The van der Waals surface area contributed by atoms with E-state index in [9.17, 15) is 0 Å². The van der Waals surface area contributed by atoms with Crippen molar-refractivity contribution in [1.82, 2.24) is 19.2 Å². The van der Waals surface area contributed by atoms with Crippen LogP contribution in [0.5, 0.6) is 0 Å². The second-order valence-electron chi connectivity index (χ2n) is 11.1. The Hall–Kier alpha value is -1.99. The first-order valence-electron chi connectivity index (χ1n) is 11.9. The fraction of sp³-hybridized carbons (Fsp3) is 0.407. The number of benzene rings is 2. The van der Waals surface area contributed by atoms with Gasteiger partial charge in [0.05, 0.1) is 22.3 Å². The number of hydrogen-bond donors (Lipinski definition) is 0. The molecule has 1 aliphatic heterocycles. The van der Waals surface area contributed by atoms with Gasteiger partial charge in [0.2, 0.25) is 4.77 Å². The van der Waals surface area contributed by atoms with Crippen LogP contribution < -0.4 is 0 Å². The molecule has 4 nitrogen and oxygen atoms in total. The first-order valence-corrected chi connectivity index (χ1v) is 13.5. The smallest absolute Gasteiger partial charge is 0.204 e. The summed E-state index contributed by atoms with van der Waals surface area (Å²) in [5.41, 5.74) is 1.76. The average molecular weight is 509 g/mol. The number of hydrogen-bond acceptors (Lipinski definition) is 4. The van der Waals surface area contributed by atoms with E-state index >= 15 is 0 Å². The Balaban J connectivity index is 1.46. The molecule has 0 spiro atoms. The molecule has 0 radical (unpaired) electrons. The van der Waals surface area contributed by atoms with Gasteiger partial charge in [-0.05, 0) is 60.5 Å². The molecule has 3 heterocycles. The van der Waals surface area contributed by atoms with Crippen molar-refractivity contribution in [2.75, 3.05) is 6.54 Å². The Bertz CT molecular complexity index is 1430. The maximum Gasteiger partial charge on any atom is 0.204 e. The molecule has 176 valence electrons. The number of rotatable bonds is 4. The van der Waals surface area contributed by atoms with Gasteiger partial charge in [0.25, 0.3) is 0 Å². The Morgan fingerprint density at radius 2 is 1.79 bits per heavy atom. The maximum atomic E-state index is 6.91. The summed E-state index contributed by atoms with van der Waals surface area (Å²) in [7, 11) is 0. The zero-order valence-corrected chi connectivity index (χ0v) is 22.2. The number of fused-ring (bicyclic) bond motifs is 3. The van der Waals surface area contributed by atoms with Crippen LogP contribution in [0.3, 0.4) is 0 Å². The first kappa shape index (κ1) is 22.5. The van der Waals surface area contributed by atoms with Crippen LogP contribution in [0.4, 0.5) is 0 Å². The van der Waals surface area contributed by atoms with E-state index in [1.165, 1.54) is 19.3 Å². The summed E-state index contributed by atoms with van der Waals surface area (Å²) in [5.74, 6) is 0.816. The molecule has 2 aliphatic rings.